The fourth-order valence-corrected chi connectivity index (χ4v) is 2.88. The molecule has 1 N–H and O–H groups in total. The second kappa shape index (κ2) is 7.28. The molecule has 0 saturated heterocycles. The number of hydrogen-bond donors (Lipinski definition) is 1. The summed E-state index contributed by atoms with van der Waals surface area (Å²) < 4.78 is 0. The van der Waals surface area contributed by atoms with E-state index in [2.05, 4.69) is 15.3 Å². The molecule has 0 aromatic carbocycles. The second-order valence-electron chi connectivity index (χ2n) is 5.10. The normalized spacial score (nSPS) is 10.9. The molecule has 0 saturated carbocycles. The van der Waals surface area contributed by atoms with Crippen molar-refractivity contribution in [2.24, 2.45) is 0 Å². The highest BCUT2D eigenvalue weighted by atomic mass is 32.1. The third-order valence-corrected chi connectivity index (χ3v) is 4.21. The van der Waals surface area contributed by atoms with Gasteiger partial charge in [0.15, 0.2) is 0 Å². The maximum absolute atomic E-state index is 11.9. The van der Waals surface area contributed by atoms with Crippen molar-refractivity contribution in [3.8, 4) is 10.6 Å². The predicted molar refractivity (Wildman–Crippen MR) is 85.3 cm³/mol. The number of rotatable bonds is 6. The van der Waals surface area contributed by atoms with Gasteiger partial charge in [0.05, 0.1) is 12.1 Å². The summed E-state index contributed by atoms with van der Waals surface area (Å²) in [5.41, 5.74) is 1.91. The number of hydrogen-bond acceptors (Lipinski definition) is 5. The second-order valence-corrected chi connectivity index (χ2v) is 6.18. The van der Waals surface area contributed by atoms with E-state index in [1.165, 1.54) is 0 Å². The number of nitrogens with one attached hydrogen (secondary N) is 1. The van der Waals surface area contributed by atoms with E-state index < -0.39 is 0 Å². The van der Waals surface area contributed by atoms with Crippen LogP contribution in [0.5, 0.6) is 0 Å². The topological polar surface area (TPSA) is 58.1 Å². The lowest BCUT2D eigenvalue weighted by atomic mass is 10.3. The Balaban J connectivity index is 1.98. The predicted octanol–water partition coefficient (Wildman–Crippen LogP) is 1.73. The van der Waals surface area contributed by atoms with Crippen molar-refractivity contribution in [1.82, 2.24) is 20.2 Å². The third-order valence-electron chi connectivity index (χ3n) is 3.00. The minimum Gasteiger partial charge on any atom is -0.355 e. The summed E-state index contributed by atoms with van der Waals surface area (Å²) in [6.07, 6.45) is 3.92. The number of carbonyl (C=O) groups excluding carboxylic acids is 1. The molecular weight excluding hydrogens is 284 g/mol. The number of amides is 1. The Morgan fingerprint density at radius 3 is 2.90 bits per heavy atom. The van der Waals surface area contributed by atoms with Crippen molar-refractivity contribution in [1.29, 1.82) is 0 Å². The van der Waals surface area contributed by atoms with Gasteiger partial charge in [0, 0.05) is 35.9 Å². The Bertz CT molecular complexity index is 595. The van der Waals surface area contributed by atoms with Gasteiger partial charge in [-0.3, -0.25) is 9.78 Å². The molecule has 0 aliphatic carbocycles. The maximum atomic E-state index is 11.9. The lowest BCUT2D eigenvalue weighted by molar-refractivity contribution is -0.120. The summed E-state index contributed by atoms with van der Waals surface area (Å²) in [5.74, 6) is 0.0429. The van der Waals surface area contributed by atoms with Crippen molar-refractivity contribution in [2.75, 3.05) is 27.2 Å². The molecule has 2 aromatic rings. The summed E-state index contributed by atoms with van der Waals surface area (Å²) >= 11 is 1.56. The fourth-order valence-electron chi connectivity index (χ4n) is 1.83. The van der Waals surface area contributed by atoms with E-state index in [-0.39, 0.29) is 5.91 Å². The summed E-state index contributed by atoms with van der Waals surface area (Å²) in [7, 11) is 3.97. The molecule has 0 radical (unpaired) electrons. The smallest absolute Gasteiger partial charge is 0.225 e. The van der Waals surface area contributed by atoms with E-state index in [0.29, 0.717) is 13.0 Å². The first kappa shape index (κ1) is 15.6. The van der Waals surface area contributed by atoms with Crippen LogP contribution < -0.4 is 5.32 Å². The van der Waals surface area contributed by atoms with Crippen molar-refractivity contribution in [3.63, 3.8) is 0 Å². The van der Waals surface area contributed by atoms with E-state index in [4.69, 9.17) is 0 Å². The van der Waals surface area contributed by atoms with Crippen LogP contribution in [0.4, 0.5) is 0 Å². The zero-order valence-electron chi connectivity index (χ0n) is 12.6. The van der Waals surface area contributed by atoms with Crippen LogP contribution in [-0.4, -0.2) is 48.0 Å². The van der Waals surface area contributed by atoms with Crippen LogP contribution in [0.25, 0.3) is 10.6 Å². The first-order chi connectivity index (χ1) is 10.1. The Hall–Kier alpha value is -1.79. The number of thiazole rings is 1. The Labute approximate surface area is 129 Å². The standard InChI is InChI=1S/C15H20N4OS/c1-11-13(9-14(20)17-7-8-19(2)3)21-15(18-11)12-5-4-6-16-10-12/h4-6,10H,7-9H2,1-3H3,(H,17,20). The molecule has 0 aliphatic rings. The molecule has 21 heavy (non-hydrogen) atoms. The molecule has 2 heterocycles. The van der Waals surface area contributed by atoms with E-state index in [0.717, 1.165) is 27.7 Å². The number of carbonyl (C=O) groups is 1. The number of aryl methyl sites for hydroxylation is 1. The van der Waals surface area contributed by atoms with Gasteiger partial charge in [-0.1, -0.05) is 0 Å². The first-order valence-electron chi connectivity index (χ1n) is 6.84. The van der Waals surface area contributed by atoms with Gasteiger partial charge >= 0.3 is 0 Å². The molecule has 2 aromatic heterocycles. The van der Waals surface area contributed by atoms with E-state index in [1.807, 2.05) is 38.1 Å². The van der Waals surface area contributed by atoms with Crippen molar-refractivity contribution in [2.45, 2.75) is 13.3 Å². The SMILES string of the molecule is Cc1nc(-c2cccnc2)sc1CC(=O)NCCN(C)C. The largest absolute Gasteiger partial charge is 0.355 e. The molecule has 0 atom stereocenters. The summed E-state index contributed by atoms with van der Waals surface area (Å²) in [4.78, 5) is 23.6. The van der Waals surface area contributed by atoms with Crippen LogP contribution in [0.3, 0.4) is 0 Å². The highest BCUT2D eigenvalue weighted by molar-refractivity contribution is 7.15. The van der Waals surface area contributed by atoms with Gasteiger partial charge in [0.1, 0.15) is 5.01 Å². The summed E-state index contributed by atoms with van der Waals surface area (Å²) in [6.45, 7) is 3.45. The minimum absolute atomic E-state index is 0.0429. The lowest BCUT2D eigenvalue weighted by Gasteiger charge is -2.09. The average molecular weight is 304 g/mol. The van der Waals surface area contributed by atoms with Crippen molar-refractivity contribution >= 4 is 17.2 Å². The number of pyridine rings is 1. The zero-order valence-corrected chi connectivity index (χ0v) is 13.4. The first-order valence-corrected chi connectivity index (χ1v) is 7.66. The Kier molecular flexibility index (Phi) is 5.41. The highest BCUT2D eigenvalue weighted by Crippen LogP contribution is 2.27. The minimum atomic E-state index is 0.0429. The molecule has 0 bridgehead atoms. The van der Waals surface area contributed by atoms with Crippen LogP contribution in [0.15, 0.2) is 24.5 Å². The average Bonchev–Trinajstić information content (AvgIpc) is 2.81. The summed E-state index contributed by atoms with van der Waals surface area (Å²) in [5, 5.41) is 3.84. The van der Waals surface area contributed by atoms with Crippen LogP contribution in [0.1, 0.15) is 10.6 Å². The van der Waals surface area contributed by atoms with Gasteiger partial charge in [-0.2, -0.15) is 0 Å². The molecule has 112 valence electrons. The van der Waals surface area contributed by atoms with Gasteiger partial charge in [-0.15, -0.1) is 11.3 Å². The van der Waals surface area contributed by atoms with E-state index in [1.54, 1.807) is 23.7 Å². The quantitative estimate of drug-likeness (QED) is 0.883. The molecule has 6 heteroatoms. The third kappa shape index (κ3) is 4.61. The maximum Gasteiger partial charge on any atom is 0.225 e. The van der Waals surface area contributed by atoms with Gasteiger partial charge in [0.2, 0.25) is 5.91 Å². The molecule has 1 amide bonds. The summed E-state index contributed by atoms with van der Waals surface area (Å²) in [6, 6.07) is 3.87. The lowest BCUT2D eigenvalue weighted by Crippen LogP contribution is -2.32. The zero-order chi connectivity index (χ0) is 15.2. The monoisotopic (exact) mass is 304 g/mol. The van der Waals surface area contributed by atoms with Crippen molar-refractivity contribution < 1.29 is 4.79 Å². The molecule has 0 unspecified atom stereocenters. The van der Waals surface area contributed by atoms with Gasteiger partial charge in [-0.25, -0.2) is 4.98 Å². The molecule has 0 aliphatic heterocycles. The number of likely N-dealkylation sites (N-methyl/N-ethyl adjacent to an activating group) is 1. The van der Waals surface area contributed by atoms with Gasteiger partial charge in [-0.05, 0) is 33.2 Å². The van der Waals surface area contributed by atoms with Crippen LogP contribution in [-0.2, 0) is 11.2 Å². The Morgan fingerprint density at radius 1 is 1.43 bits per heavy atom. The molecular formula is C15H20N4OS. The van der Waals surface area contributed by atoms with Gasteiger partial charge in [0.25, 0.3) is 0 Å². The molecule has 5 nitrogen and oxygen atoms in total. The highest BCUT2D eigenvalue weighted by Gasteiger charge is 2.12. The van der Waals surface area contributed by atoms with E-state index >= 15 is 0 Å². The van der Waals surface area contributed by atoms with Crippen LogP contribution in [0, 0.1) is 6.92 Å². The van der Waals surface area contributed by atoms with E-state index in [9.17, 15) is 4.79 Å². The number of nitrogens with zero attached hydrogens (tertiary/aromatic N) is 3. The number of aromatic nitrogens is 2. The molecule has 2 rings (SSSR count). The Morgan fingerprint density at radius 2 is 2.24 bits per heavy atom. The van der Waals surface area contributed by atoms with Crippen LogP contribution >= 0.6 is 11.3 Å². The van der Waals surface area contributed by atoms with Crippen molar-refractivity contribution in [3.05, 3.63) is 35.1 Å². The molecule has 0 spiro atoms. The molecule has 0 fully saturated rings. The van der Waals surface area contributed by atoms with Gasteiger partial charge < -0.3 is 10.2 Å². The van der Waals surface area contributed by atoms with Crippen LogP contribution in [0.2, 0.25) is 0 Å². The fraction of sp³-hybridized carbons (Fsp3) is 0.400.